The smallest absolute Gasteiger partial charge is 0.270 e. The highest BCUT2D eigenvalue weighted by Crippen LogP contribution is 2.32. The van der Waals surface area contributed by atoms with Gasteiger partial charge in [0.15, 0.2) is 34.9 Å². The van der Waals surface area contributed by atoms with Gasteiger partial charge in [0.25, 0.3) is 5.56 Å². The molecular formula is C24H19ClFN7O3. The Kier molecular flexibility index (Phi) is 5.15. The molecular weight excluding hydrogens is 489 g/mol. The number of aromatic amines is 1. The van der Waals surface area contributed by atoms with Gasteiger partial charge in [-0.05, 0) is 24.3 Å². The van der Waals surface area contributed by atoms with Gasteiger partial charge in [0, 0.05) is 13.2 Å². The molecule has 0 aliphatic carbocycles. The lowest BCUT2D eigenvalue weighted by Crippen LogP contribution is -2.40. The number of hydrogen-bond acceptors (Lipinski definition) is 8. The zero-order chi connectivity index (χ0) is 25.0. The Morgan fingerprint density at radius 2 is 2.06 bits per heavy atom. The van der Waals surface area contributed by atoms with Crippen LogP contribution < -0.4 is 25.7 Å². The van der Waals surface area contributed by atoms with Crippen molar-refractivity contribution in [2.24, 2.45) is 0 Å². The van der Waals surface area contributed by atoms with Crippen LogP contribution in [0.1, 0.15) is 0 Å². The standard InChI is InChI=1S/C24H19ClFN7O3/c1-32(10-12-11-35-16-7-2-3-8-17(16)36-12)24-28-9-13-20-18(21(27)31-30-20)23(34)33(22(13)29-24)15-6-4-5-14(25)19(15)26/h2-9,12H,10-11H2,1H3,(H3,27,30,31)/t12-/m0/s1. The summed E-state index contributed by atoms with van der Waals surface area (Å²) in [6.07, 6.45) is 1.26. The van der Waals surface area contributed by atoms with Gasteiger partial charge >= 0.3 is 0 Å². The normalized spacial score (nSPS) is 14.9. The van der Waals surface area contributed by atoms with Crippen molar-refractivity contribution in [3.05, 3.63) is 69.9 Å². The van der Waals surface area contributed by atoms with E-state index < -0.39 is 11.4 Å². The molecule has 3 aromatic heterocycles. The predicted molar refractivity (Wildman–Crippen MR) is 134 cm³/mol. The molecule has 0 bridgehead atoms. The van der Waals surface area contributed by atoms with Gasteiger partial charge in [-0.25, -0.2) is 9.37 Å². The number of nitrogens with one attached hydrogen (secondary N) is 1. The molecule has 0 saturated heterocycles. The lowest BCUT2D eigenvalue weighted by molar-refractivity contribution is 0.0958. The van der Waals surface area contributed by atoms with Crippen molar-refractivity contribution in [3.8, 4) is 17.2 Å². The van der Waals surface area contributed by atoms with E-state index in [9.17, 15) is 4.79 Å². The highest BCUT2D eigenvalue weighted by atomic mass is 35.5. The summed E-state index contributed by atoms with van der Waals surface area (Å²) in [5, 5.41) is 7.14. The van der Waals surface area contributed by atoms with Crippen LogP contribution in [0, 0.1) is 5.82 Å². The Hall–Kier alpha value is -4.38. The van der Waals surface area contributed by atoms with Crippen molar-refractivity contribution in [2.45, 2.75) is 6.10 Å². The Bertz CT molecular complexity index is 1700. The van der Waals surface area contributed by atoms with Gasteiger partial charge in [-0.1, -0.05) is 29.8 Å². The van der Waals surface area contributed by atoms with Crippen LogP contribution in [-0.2, 0) is 0 Å². The van der Waals surface area contributed by atoms with Crippen LogP contribution in [0.25, 0.3) is 27.6 Å². The minimum atomic E-state index is -0.760. The summed E-state index contributed by atoms with van der Waals surface area (Å²) in [5.74, 6) is 0.875. The van der Waals surface area contributed by atoms with Crippen LogP contribution in [0.5, 0.6) is 11.5 Å². The first-order chi connectivity index (χ1) is 17.4. The predicted octanol–water partition coefficient (Wildman–Crippen LogP) is 3.31. The van der Waals surface area contributed by atoms with E-state index in [4.69, 9.17) is 26.8 Å². The summed E-state index contributed by atoms with van der Waals surface area (Å²) in [5.41, 5.74) is 5.83. The van der Waals surface area contributed by atoms with Crippen molar-refractivity contribution < 1.29 is 13.9 Å². The third kappa shape index (κ3) is 3.47. The third-order valence-corrected chi connectivity index (χ3v) is 6.30. The topological polar surface area (TPSA) is 124 Å². The number of benzene rings is 2. The summed E-state index contributed by atoms with van der Waals surface area (Å²) in [6, 6.07) is 11.8. The SMILES string of the molecule is CN(C[C@H]1COc2ccccc2O1)c1ncc2c3[nH]nc(N)c3c(=O)n(-c3cccc(Cl)c3F)c2n1. The highest BCUT2D eigenvalue weighted by molar-refractivity contribution is 6.30. The van der Waals surface area contributed by atoms with Crippen LogP contribution in [0.2, 0.25) is 5.02 Å². The van der Waals surface area contributed by atoms with Gasteiger partial charge < -0.3 is 20.1 Å². The van der Waals surface area contributed by atoms with Crippen LogP contribution in [0.15, 0.2) is 53.5 Å². The second-order valence-corrected chi connectivity index (χ2v) is 8.76. The fourth-order valence-corrected chi connectivity index (χ4v) is 4.47. The number of nitrogens with zero attached hydrogens (tertiary/aromatic N) is 5. The summed E-state index contributed by atoms with van der Waals surface area (Å²) in [6.45, 7) is 0.746. The molecule has 5 aromatic rings. The molecule has 1 aliphatic rings. The summed E-state index contributed by atoms with van der Waals surface area (Å²) in [7, 11) is 1.79. The Labute approximate surface area is 208 Å². The molecule has 0 saturated carbocycles. The molecule has 0 fully saturated rings. The maximum absolute atomic E-state index is 15.1. The maximum atomic E-state index is 15.1. The number of aromatic nitrogens is 5. The Morgan fingerprint density at radius 1 is 1.25 bits per heavy atom. The number of nitrogen functional groups attached to an aromatic ring is 1. The average Bonchev–Trinajstić information content (AvgIpc) is 3.28. The van der Waals surface area contributed by atoms with E-state index in [0.29, 0.717) is 41.5 Å². The van der Waals surface area contributed by atoms with Gasteiger partial charge in [0.05, 0.1) is 28.2 Å². The zero-order valence-corrected chi connectivity index (χ0v) is 19.7. The number of pyridine rings is 1. The lowest BCUT2D eigenvalue weighted by atomic mass is 10.2. The van der Waals surface area contributed by atoms with E-state index in [0.717, 1.165) is 4.57 Å². The van der Waals surface area contributed by atoms with Crippen LogP contribution in [-0.4, -0.2) is 51.0 Å². The number of rotatable bonds is 4. The molecule has 3 N–H and O–H groups in total. The number of halogens is 2. The molecule has 1 aliphatic heterocycles. The molecule has 1 atom stereocenters. The monoisotopic (exact) mass is 507 g/mol. The highest BCUT2D eigenvalue weighted by Gasteiger charge is 2.25. The van der Waals surface area contributed by atoms with Crippen LogP contribution >= 0.6 is 11.6 Å². The fourth-order valence-electron chi connectivity index (χ4n) is 4.30. The van der Waals surface area contributed by atoms with Gasteiger partial charge in [-0.3, -0.25) is 14.5 Å². The van der Waals surface area contributed by atoms with E-state index in [2.05, 4.69) is 20.2 Å². The zero-order valence-electron chi connectivity index (χ0n) is 18.9. The molecule has 0 amide bonds. The molecule has 0 spiro atoms. The molecule has 6 rings (SSSR count). The summed E-state index contributed by atoms with van der Waals surface area (Å²) >= 11 is 6.02. The van der Waals surface area contributed by atoms with Gasteiger partial charge in [0.2, 0.25) is 5.95 Å². The number of para-hydroxylation sites is 2. The number of nitrogens with two attached hydrogens (primary N) is 1. The van der Waals surface area contributed by atoms with Gasteiger partial charge in [0.1, 0.15) is 12.0 Å². The average molecular weight is 508 g/mol. The van der Waals surface area contributed by atoms with Crippen molar-refractivity contribution >= 4 is 45.3 Å². The third-order valence-electron chi connectivity index (χ3n) is 6.01. The number of fused-ring (bicyclic) bond motifs is 4. The second-order valence-electron chi connectivity index (χ2n) is 8.36. The van der Waals surface area contributed by atoms with E-state index in [1.165, 1.54) is 12.1 Å². The first-order valence-electron chi connectivity index (χ1n) is 11.0. The molecule has 4 heterocycles. The second kappa shape index (κ2) is 8.38. The van der Waals surface area contributed by atoms with Crippen molar-refractivity contribution in [3.63, 3.8) is 0 Å². The molecule has 10 nitrogen and oxygen atoms in total. The maximum Gasteiger partial charge on any atom is 0.270 e. The number of hydrogen-bond donors (Lipinski definition) is 2. The fraction of sp³-hybridized carbons (Fsp3) is 0.167. The molecule has 12 heteroatoms. The number of ether oxygens (including phenoxy) is 2. The van der Waals surface area contributed by atoms with Crippen LogP contribution in [0.4, 0.5) is 16.2 Å². The molecule has 36 heavy (non-hydrogen) atoms. The molecule has 2 aromatic carbocycles. The Morgan fingerprint density at radius 3 is 2.89 bits per heavy atom. The van der Waals surface area contributed by atoms with Gasteiger partial charge in [-0.15, -0.1) is 0 Å². The van der Waals surface area contributed by atoms with E-state index in [1.807, 2.05) is 24.3 Å². The van der Waals surface area contributed by atoms with Crippen LogP contribution in [0.3, 0.4) is 0 Å². The largest absolute Gasteiger partial charge is 0.486 e. The quantitative estimate of drug-likeness (QED) is 0.379. The van der Waals surface area contributed by atoms with Gasteiger partial charge in [-0.2, -0.15) is 10.1 Å². The lowest BCUT2D eigenvalue weighted by Gasteiger charge is -2.29. The molecule has 0 radical (unpaired) electrons. The minimum Gasteiger partial charge on any atom is -0.486 e. The van der Waals surface area contributed by atoms with Crippen molar-refractivity contribution in [1.82, 2.24) is 24.7 Å². The first-order valence-corrected chi connectivity index (χ1v) is 11.4. The number of H-pyrrole nitrogens is 1. The van der Waals surface area contributed by atoms with Crippen molar-refractivity contribution in [1.29, 1.82) is 0 Å². The molecule has 0 unspecified atom stereocenters. The van der Waals surface area contributed by atoms with E-state index in [-0.39, 0.29) is 33.7 Å². The first kappa shape index (κ1) is 22.1. The Balaban J connectivity index is 1.46. The van der Waals surface area contributed by atoms with E-state index in [1.54, 1.807) is 24.2 Å². The summed E-state index contributed by atoms with van der Waals surface area (Å²) in [4.78, 5) is 24.4. The minimum absolute atomic E-state index is 0.0102. The van der Waals surface area contributed by atoms with E-state index >= 15 is 4.39 Å². The van der Waals surface area contributed by atoms with Crippen molar-refractivity contribution in [2.75, 3.05) is 30.8 Å². The summed E-state index contributed by atoms with van der Waals surface area (Å²) < 4.78 is 28.1. The number of likely N-dealkylation sites (N-methyl/N-ethyl adjacent to an activating group) is 1. The number of anilines is 2. The molecule has 182 valence electrons.